The molecule has 1 spiro atoms. The van der Waals surface area contributed by atoms with Crippen molar-refractivity contribution in [3.05, 3.63) is 35.3 Å². The fraction of sp³-hybridized carbons (Fsp3) is 0.600. The van der Waals surface area contributed by atoms with E-state index in [0.29, 0.717) is 18.0 Å². The smallest absolute Gasteiger partial charge is 0.276 e. The fourth-order valence-corrected chi connectivity index (χ4v) is 4.43. The van der Waals surface area contributed by atoms with E-state index < -0.39 is 0 Å². The molecule has 144 valence electrons. The van der Waals surface area contributed by atoms with Gasteiger partial charge in [-0.25, -0.2) is 15.0 Å². The Bertz CT molecular complexity index is 856. The lowest BCUT2D eigenvalue weighted by molar-refractivity contribution is 0.0625. The van der Waals surface area contributed by atoms with Gasteiger partial charge in [-0.05, 0) is 31.2 Å². The van der Waals surface area contributed by atoms with Gasteiger partial charge < -0.3 is 14.2 Å². The van der Waals surface area contributed by atoms with E-state index in [9.17, 15) is 4.79 Å². The van der Waals surface area contributed by atoms with Crippen LogP contribution in [-0.2, 0) is 11.8 Å². The van der Waals surface area contributed by atoms with Crippen molar-refractivity contribution < 1.29 is 9.21 Å². The van der Waals surface area contributed by atoms with Gasteiger partial charge in [-0.3, -0.25) is 4.79 Å². The zero-order chi connectivity index (χ0) is 19.2. The molecule has 0 saturated carbocycles. The number of fused-ring (bicyclic) bond motifs is 2. The average Bonchev–Trinajstić information content (AvgIpc) is 3.27. The molecule has 3 heterocycles. The number of carbonyl (C=O) groups excluding carboxylic acids is 1. The largest absolute Gasteiger partial charge is 0.447 e. The van der Waals surface area contributed by atoms with Crippen molar-refractivity contribution in [2.24, 2.45) is 0 Å². The zero-order valence-corrected chi connectivity index (χ0v) is 16.5. The Hall–Kier alpha value is -2.44. The first-order valence-electron chi connectivity index (χ1n) is 9.68. The van der Waals surface area contributed by atoms with Gasteiger partial charge in [0, 0.05) is 44.7 Å². The Morgan fingerprint density at radius 1 is 1.30 bits per heavy atom. The molecule has 2 aliphatic rings. The SMILES string of the molecule is CC(C)c1ocnc1C(=O)N1CCCC2(CCc3cnc(N(C)C)nc32)C1. The highest BCUT2D eigenvalue weighted by molar-refractivity contribution is 5.93. The highest BCUT2D eigenvalue weighted by Gasteiger charge is 2.45. The second-order valence-electron chi connectivity index (χ2n) is 8.27. The van der Waals surface area contributed by atoms with Gasteiger partial charge >= 0.3 is 0 Å². The fourth-order valence-electron chi connectivity index (χ4n) is 4.43. The van der Waals surface area contributed by atoms with Gasteiger partial charge in [0.2, 0.25) is 5.95 Å². The zero-order valence-electron chi connectivity index (χ0n) is 16.5. The summed E-state index contributed by atoms with van der Waals surface area (Å²) in [6.45, 7) is 5.48. The Morgan fingerprint density at radius 3 is 2.85 bits per heavy atom. The molecule has 27 heavy (non-hydrogen) atoms. The van der Waals surface area contributed by atoms with E-state index in [1.165, 1.54) is 12.0 Å². The minimum absolute atomic E-state index is 0.0261. The van der Waals surface area contributed by atoms with Crippen LogP contribution in [0.5, 0.6) is 0 Å². The van der Waals surface area contributed by atoms with Crippen molar-refractivity contribution in [3.8, 4) is 0 Å². The van der Waals surface area contributed by atoms with Gasteiger partial charge in [-0.1, -0.05) is 13.8 Å². The van der Waals surface area contributed by atoms with Crippen molar-refractivity contribution in [3.63, 3.8) is 0 Å². The molecular weight excluding hydrogens is 342 g/mol. The number of piperidine rings is 1. The molecule has 0 N–H and O–H groups in total. The first-order valence-corrected chi connectivity index (χ1v) is 9.68. The van der Waals surface area contributed by atoms with Gasteiger partial charge in [0.1, 0.15) is 5.76 Å². The first kappa shape index (κ1) is 17.9. The third-order valence-corrected chi connectivity index (χ3v) is 5.81. The quantitative estimate of drug-likeness (QED) is 0.828. The first-order chi connectivity index (χ1) is 12.9. The summed E-state index contributed by atoms with van der Waals surface area (Å²) in [7, 11) is 3.91. The summed E-state index contributed by atoms with van der Waals surface area (Å²) in [6.07, 6.45) is 7.37. The number of likely N-dealkylation sites (tertiary alicyclic amines) is 1. The lowest BCUT2D eigenvalue weighted by Crippen LogP contribution is -2.48. The van der Waals surface area contributed by atoms with Crippen LogP contribution in [0.25, 0.3) is 0 Å². The number of carbonyl (C=O) groups is 1. The summed E-state index contributed by atoms with van der Waals surface area (Å²) in [5.74, 6) is 1.51. The number of oxazole rings is 1. The highest BCUT2D eigenvalue weighted by Crippen LogP contribution is 2.44. The van der Waals surface area contributed by atoms with Gasteiger partial charge in [-0.2, -0.15) is 0 Å². The lowest BCUT2D eigenvalue weighted by Gasteiger charge is -2.40. The van der Waals surface area contributed by atoms with Gasteiger partial charge in [0.05, 0.1) is 5.69 Å². The number of amides is 1. The molecule has 2 aromatic heterocycles. The van der Waals surface area contributed by atoms with Crippen LogP contribution in [0.15, 0.2) is 17.0 Å². The normalized spacial score (nSPS) is 21.7. The van der Waals surface area contributed by atoms with Crippen LogP contribution in [0.1, 0.15) is 66.5 Å². The van der Waals surface area contributed by atoms with Crippen LogP contribution in [0.3, 0.4) is 0 Å². The summed E-state index contributed by atoms with van der Waals surface area (Å²) < 4.78 is 5.47. The average molecular weight is 369 g/mol. The maximum Gasteiger partial charge on any atom is 0.276 e. The van der Waals surface area contributed by atoms with E-state index in [1.807, 2.05) is 43.9 Å². The molecule has 4 rings (SSSR count). The van der Waals surface area contributed by atoms with E-state index in [-0.39, 0.29) is 17.2 Å². The summed E-state index contributed by atoms with van der Waals surface area (Å²) >= 11 is 0. The minimum Gasteiger partial charge on any atom is -0.447 e. The number of nitrogens with zero attached hydrogens (tertiary/aromatic N) is 5. The van der Waals surface area contributed by atoms with Crippen molar-refractivity contribution in [2.45, 2.75) is 50.9 Å². The van der Waals surface area contributed by atoms with E-state index in [1.54, 1.807) is 0 Å². The topological polar surface area (TPSA) is 75.4 Å². The molecule has 1 amide bonds. The molecule has 0 bridgehead atoms. The van der Waals surface area contributed by atoms with Gasteiger partial charge in [-0.15, -0.1) is 0 Å². The molecule has 0 aromatic carbocycles. The maximum atomic E-state index is 13.2. The van der Waals surface area contributed by atoms with E-state index in [2.05, 4.69) is 9.97 Å². The number of aromatic nitrogens is 3. The Labute approximate surface area is 159 Å². The van der Waals surface area contributed by atoms with Crippen LogP contribution >= 0.6 is 0 Å². The molecular formula is C20H27N5O2. The summed E-state index contributed by atoms with van der Waals surface area (Å²) in [6, 6.07) is 0. The standard InChI is InChI=1S/C20H27N5O2/c1-13(2)16-15(22-12-27-16)18(26)25-9-5-7-20(11-25)8-6-14-10-21-19(24(3)4)23-17(14)20/h10,12-13H,5-9,11H2,1-4H3. The van der Waals surface area contributed by atoms with Crippen LogP contribution < -0.4 is 4.90 Å². The highest BCUT2D eigenvalue weighted by atomic mass is 16.3. The molecule has 0 radical (unpaired) electrons. The van der Waals surface area contributed by atoms with Gasteiger partial charge in [0.25, 0.3) is 5.91 Å². The van der Waals surface area contributed by atoms with Crippen LogP contribution in [-0.4, -0.2) is 52.9 Å². The third kappa shape index (κ3) is 2.99. The molecule has 2 aromatic rings. The Morgan fingerprint density at radius 2 is 2.11 bits per heavy atom. The molecule has 7 heteroatoms. The number of rotatable bonds is 3. The molecule has 1 unspecified atom stereocenters. The Balaban J connectivity index is 1.64. The van der Waals surface area contributed by atoms with Crippen molar-refractivity contribution in [1.82, 2.24) is 19.9 Å². The molecule has 1 aliphatic carbocycles. The second-order valence-corrected chi connectivity index (χ2v) is 8.27. The maximum absolute atomic E-state index is 13.2. The molecule has 7 nitrogen and oxygen atoms in total. The van der Waals surface area contributed by atoms with Crippen molar-refractivity contribution in [2.75, 3.05) is 32.1 Å². The molecule has 1 saturated heterocycles. The lowest BCUT2D eigenvalue weighted by atomic mass is 9.77. The van der Waals surface area contributed by atoms with Crippen LogP contribution in [0.4, 0.5) is 5.95 Å². The number of aryl methyl sites for hydroxylation is 1. The minimum atomic E-state index is -0.0708. The second kappa shape index (κ2) is 6.62. The van der Waals surface area contributed by atoms with Gasteiger partial charge in [0.15, 0.2) is 12.1 Å². The Kier molecular flexibility index (Phi) is 4.40. The molecule has 1 aliphatic heterocycles. The summed E-state index contributed by atoms with van der Waals surface area (Å²) in [4.78, 5) is 30.6. The molecule has 1 fully saturated rings. The van der Waals surface area contributed by atoms with Crippen LogP contribution in [0, 0.1) is 0 Å². The number of anilines is 1. The monoisotopic (exact) mass is 369 g/mol. The predicted octanol–water partition coefficient (Wildman–Crippen LogP) is 2.77. The van der Waals surface area contributed by atoms with E-state index in [4.69, 9.17) is 9.40 Å². The molecule has 1 atom stereocenters. The van der Waals surface area contributed by atoms with E-state index in [0.717, 1.165) is 43.9 Å². The number of hydrogen-bond donors (Lipinski definition) is 0. The summed E-state index contributed by atoms with van der Waals surface area (Å²) in [5, 5.41) is 0. The predicted molar refractivity (Wildman–Crippen MR) is 102 cm³/mol. The number of hydrogen-bond acceptors (Lipinski definition) is 6. The van der Waals surface area contributed by atoms with Crippen LogP contribution in [0.2, 0.25) is 0 Å². The third-order valence-electron chi connectivity index (χ3n) is 5.81. The van der Waals surface area contributed by atoms with Crippen molar-refractivity contribution in [1.29, 1.82) is 0 Å². The summed E-state index contributed by atoms with van der Waals surface area (Å²) in [5.41, 5.74) is 2.73. The van der Waals surface area contributed by atoms with E-state index >= 15 is 0 Å². The van der Waals surface area contributed by atoms with Crippen molar-refractivity contribution >= 4 is 11.9 Å².